The zero-order chi connectivity index (χ0) is 14.5. The maximum Gasteiger partial charge on any atom is 0.228 e. The lowest BCUT2D eigenvalue weighted by Crippen LogP contribution is -2.24. The third-order valence-electron chi connectivity index (χ3n) is 3.53. The molecule has 1 aliphatic rings. The van der Waals surface area contributed by atoms with Gasteiger partial charge in [0.1, 0.15) is 0 Å². The van der Waals surface area contributed by atoms with Crippen molar-refractivity contribution in [2.45, 2.75) is 38.3 Å². The maximum atomic E-state index is 11.9. The first-order valence-electron chi connectivity index (χ1n) is 7.24. The number of aromatic nitrogens is 2. The molecule has 0 saturated carbocycles. The molecule has 21 heavy (non-hydrogen) atoms. The molecular weight excluding hydrogens is 286 g/mol. The van der Waals surface area contributed by atoms with Gasteiger partial charge in [-0.05, 0) is 41.7 Å². The van der Waals surface area contributed by atoms with Crippen molar-refractivity contribution in [1.82, 2.24) is 9.78 Å². The second kappa shape index (κ2) is 6.87. The van der Waals surface area contributed by atoms with Crippen LogP contribution < -0.4 is 5.32 Å². The van der Waals surface area contributed by atoms with Crippen molar-refractivity contribution in [2.75, 3.05) is 11.9 Å². The smallest absolute Gasteiger partial charge is 0.228 e. The Balaban J connectivity index is 1.51. The van der Waals surface area contributed by atoms with E-state index in [0.717, 1.165) is 37.2 Å². The molecule has 1 fully saturated rings. The molecule has 6 heteroatoms. The Hall–Kier alpha value is -1.66. The van der Waals surface area contributed by atoms with Crippen LogP contribution in [0.15, 0.2) is 29.2 Å². The predicted octanol–water partition coefficient (Wildman–Crippen LogP) is 2.69. The number of nitrogens with one attached hydrogen (secondary N) is 1. The van der Waals surface area contributed by atoms with Gasteiger partial charge in [0.05, 0.1) is 31.0 Å². The topological polar surface area (TPSA) is 56.2 Å². The number of anilines is 1. The minimum atomic E-state index is -0.0122. The molecule has 0 bridgehead atoms. The van der Waals surface area contributed by atoms with Crippen LogP contribution in [0.3, 0.4) is 0 Å². The van der Waals surface area contributed by atoms with Gasteiger partial charge < -0.3 is 10.1 Å². The minimum Gasteiger partial charge on any atom is -0.376 e. The quantitative estimate of drug-likeness (QED) is 0.924. The van der Waals surface area contributed by atoms with E-state index in [-0.39, 0.29) is 12.0 Å². The lowest BCUT2D eigenvalue weighted by molar-refractivity contribution is -0.115. The van der Waals surface area contributed by atoms with E-state index in [2.05, 4.69) is 10.4 Å². The van der Waals surface area contributed by atoms with Crippen LogP contribution in [0, 0.1) is 0 Å². The summed E-state index contributed by atoms with van der Waals surface area (Å²) >= 11 is 1.60. The zero-order valence-corrected chi connectivity index (χ0v) is 12.6. The fourth-order valence-electron chi connectivity index (χ4n) is 2.47. The van der Waals surface area contributed by atoms with Gasteiger partial charge in [0.25, 0.3) is 0 Å². The zero-order valence-electron chi connectivity index (χ0n) is 11.8. The molecule has 112 valence electrons. The first-order valence-corrected chi connectivity index (χ1v) is 8.19. The number of carbonyl (C=O) groups excluding carboxylic acids is 1. The van der Waals surface area contributed by atoms with E-state index in [0.29, 0.717) is 6.42 Å². The van der Waals surface area contributed by atoms with E-state index in [1.54, 1.807) is 17.5 Å². The second-order valence-corrected chi connectivity index (χ2v) is 6.08. The van der Waals surface area contributed by atoms with E-state index in [4.69, 9.17) is 4.74 Å². The molecule has 5 nitrogen and oxygen atoms in total. The number of thiophene rings is 1. The molecule has 1 unspecified atom stereocenters. The highest BCUT2D eigenvalue weighted by molar-refractivity contribution is 7.08. The first-order chi connectivity index (χ1) is 10.3. The first kappa shape index (κ1) is 14.3. The Kier molecular flexibility index (Phi) is 4.67. The number of ether oxygens (including phenoxy) is 1. The van der Waals surface area contributed by atoms with Gasteiger partial charge in [-0.2, -0.15) is 16.4 Å². The second-order valence-electron chi connectivity index (χ2n) is 5.30. The van der Waals surface area contributed by atoms with Crippen LogP contribution in [0.4, 0.5) is 5.69 Å². The summed E-state index contributed by atoms with van der Waals surface area (Å²) in [7, 11) is 0. The molecule has 0 radical (unpaired) electrons. The molecule has 0 aliphatic carbocycles. The largest absolute Gasteiger partial charge is 0.376 e. The molecular formula is C15H19N3O2S. The van der Waals surface area contributed by atoms with Gasteiger partial charge >= 0.3 is 0 Å². The van der Waals surface area contributed by atoms with Gasteiger partial charge in [-0.3, -0.25) is 9.48 Å². The Bertz CT molecular complexity index is 574. The van der Waals surface area contributed by atoms with Crippen molar-refractivity contribution in [2.24, 2.45) is 0 Å². The third-order valence-corrected chi connectivity index (χ3v) is 4.26. The van der Waals surface area contributed by atoms with Crippen molar-refractivity contribution in [3.63, 3.8) is 0 Å². The van der Waals surface area contributed by atoms with Gasteiger partial charge in [0.2, 0.25) is 5.91 Å². The number of nitrogens with zero attached hydrogens (tertiary/aromatic N) is 2. The molecule has 1 aliphatic heterocycles. The van der Waals surface area contributed by atoms with Crippen LogP contribution in [0.1, 0.15) is 24.8 Å². The average molecular weight is 305 g/mol. The molecule has 1 N–H and O–H groups in total. The fraction of sp³-hybridized carbons (Fsp3) is 0.467. The lowest BCUT2D eigenvalue weighted by atomic mass is 10.1. The third kappa shape index (κ3) is 4.15. The molecule has 1 saturated heterocycles. The molecule has 2 aromatic rings. The van der Waals surface area contributed by atoms with E-state index < -0.39 is 0 Å². The summed E-state index contributed by atoms with van der Waals surface area (Å²) in [6.45, 7) is 1.59. The normalized spacial score (nSPS) is 18.6. The van der Waals surface area contributed by atoms with Gasteiger partial charge in [0.15, 0.2) is 0 Å². The Morgan fingerprint density at radius 3 is 3.24 bits per heavy atom. The van der Waals surface area contributed by atoms with E-state index in [1.165, 1.54) is 6.42 Å². The number of amides is 1. The number of rotatable bonds is 5. The van der Waals surface area contributed by atoms with Crippen LogP contribution >= 0.6 is 11.3 Å². The molecule has 3 heterocycles. The summed E-state index contributed by atoms with van der Waals surface area (Å²) in [4.78, 5) is 11.9. The van der Waals surface area contributed by atoms with E-state index >= 15 is 0 Å². The van der Waals surface area contributed by atoms with Gasteiger partial charge in [0, 0.05) is 12.8 Å². The van der Waals surface area contributed by atoms with Crippen molar-refractivity contribution in [3.8, 4) is 0 Å². The van der Waals surface area contributed by atoms with Crippen molar-refractivity contribution < 1.29 is 9.53 Å². The van der Waals surface area contributed by atoms with Crippen LogP contribution in [0.25, 0.3) is 0 Å². The molecule has 1 amide bonds. The van der Waals surface area contributed by atoms with Crippen LogP contribution in [-0.2, 0) is 22.5 Å². The molecule has 2 aromatic heterocycles. The van der Waals surface area contributed by atoms with E-state index in [9.17, 15) is 4.79 Å². The van der Waals surface area contributed by atoms with E-state index in [1.807, 2.05) is 27.7 Å². The summed E-state index contributed by atoms with van der Waals surface area (Å²) in [5.74, 6) is -0.0122. The maximum absolute atomic E-state index is 11.9. The average Bonchev–Trinajstić information content (AvgIpc) is 3.12. The van der Waals surface area contributed by atoms with Gasteiger partial charge in [-0.25, -0.2) is 0 Å². The van der Waals surface area contributed by atoms with Crippen LogP contribution in [0.2, 0.25) is 0 Å². The number of carbonyl (C=O) groups is 1. The van der Waals surface area contributed by atoms with Crippen LogP contribution in [-0.4, -0.2) is 28.4 Å². The summed E-state index contributed by atoms with van der Waals surface area (Å²) < 4.78 is 7.54. The fourth-order valence-corrected chi connectivity index (χ4v) is 3.14. The highest BCUT2D eigenvalue weighted by atomic mass is 32.1. The molecule has 0 aromatic carbocycles. The number of hydrogen-bond donors (Lipinski definition) is 1. The number of hydrogen-bond acceptors (Lipinski definition) is 4. The summed E-state index contributed by atoms with van der Waals surface area (Å²) in [5, 5.41) is 11.1. The highest BCUT2D eigenvalue weighted by Gasteiger charge is 2.15. The van der Waals surface area contributed by atoms with Gasteiger partial charge in [-0.1, -0.05) is 0 Å². The summed E-state index contributed by atoms with van der Waals surface area (Å²) in [6, 6.07) is 1.97. The lowest BCUT2D eigenvalue weighted by Gasteiger charge is -2.22. The standard InChI is InChI=1S/C15H19N3O2S/c19-15(7-12-4-6-21-11-12)17-13-8-16-18(9-13)10-14-3-1-2-5-20-14/h4,6,8-9,11,14H,1-3,5,7,10H2,(H,17,19). The van der Waals surface area contributed by atoms with Crippen LogP contribution in [0.5, 0.6) is 0 Å². The molecule has 0 spiro atoms. The molecule has 1 atom stereocenters. The van der Waals surface area contributed by atoms with Gasteiger partial charge in [-0.15, -0.1) is 0 Å². The van der Waals surface area contributed by atoms with Crippen molar-refractivity contribution in [1.29, 1.82) is 0 Å². The summed E-state index contributed by atoms with van der Waals surface area (Å²) in [5.41, 5.74) is 1.78. The minimum absolute atomic E-state index is 0.0122. The van der Waals surface area contributed by atoms with Crippen molar-refractivity contribution >= 4 is 22.9 Å². The monoisotopic (exact) mass is 305 g/mol. The van der Waals surface area contributed by atoms with Crippen molar-refractivity contribution in [3.05, 3.63) is 34.8 Å². The predicted molar refractivity (Wildman–Crippen MR) is 82.5 cm³/mol. The Morgan fingerprint density at radius 2 is 2.48 bits per heavy atom. The Labute approximate surface area is 127 Å². The summed E-state index contributed by atoms with van der Waals surface area (Å²) in [6.07, 6.45) is 7.65. The SMILES string of the molecule is O=C(Cc1ccsc1)Nc1cnn(CC2CCCCO2)c1. The molecule has 3 rings (SSSR count). The highest BCUT2D eigenvalue weighted by Crippen LogP contribution is 2.15. The Morgan fingerprint density at radius 1 is 1.52 bits per heavy atom.